The molecule has 0 aliphatic rings. The van der Waals surface area contributed by atoms with Gasteiger partial charge < -0.3 is 4.74 Å². The number of nitriles is 1. The highest BCUT2D eigenvalue weighted by Gasteiger charge is 2.13. The van der Waals surface area contributed by atoms with E-state index in [1.165, 1.54) is 0 Å². The van der Waals surface area contributed by atoms with Gasteiger partial charge in [0.25, 0.3) is 5.91 Å². The van der Waals surface area contributed by atoms with E-state index in [4.69, 9.17) is 21.6 Å². The van der Waals surface area contributed by atoms with Crippen molar-refractivity contribution in [3.05, 3.63) is 29.3 Å². The van der Waals surface area contributed by atoms with Gasteiger partial charge in [0, 0.05) is 5.02 Å². The van der Waals surface area contributed by atoms with Crippen LogP contribution < -0.4 is 10.1 Å². The van der Waals surface area contributed by atoms with E-state index in [-0.39, 0.29) is 0 Å². The molecule has 0 heterocycles. The molecule has 1 amide bonds. The monoisotopic (exact) mass is 224 g/mol. The van der Waals surface area contributed by atoms with Crippen LogP contribution in [0, 0.1) is 11.5 Å². The van der Waals surface area contributed by atoms with Crippen molar-refractivity contribution in [2.24, 2.45) is 0 Å². The molecule has 0 saturated heterocycles. The van der Waals surface area contributed by atoms with Gasteiger partial charge in [-0.25, -0.2) is 0 Å². The van der Waals surface area contributed by atoms with E-state index in [0.29, 0.717) is 10.8 Å². The summed E-state index contributed by atoms with van der Waals surface area (Å²) in [6, 6.07) is 6.62. The van der Waals surface area contributed by atoms with Crippen LogP contribution >= 0.6 is 11.6 Å². The number of carbonyl (C=O) groups excluding carboxylic acids is 1. The maximum Gasteiger partial charge on any atom is 0.273 e. The third-order valence-electron chi connectivity index (χ3n) is 1.67. The van der Waals surface area contributed by atoms with Gasteiger partial charge in [-0.2, -0.15) is 5.26 Å². The van der Waals surface area contributed by atoms with Crippen LogP contribution in [0.15, 0.2) is 24.3 Å². The lowest BCUT2D eigenvalue weighted by Crippen LogP contribution is -2.33. The van der Waals surface area contributed by atoms with Gasteiger partial charge in [-0.05, 0) is 31.2 Å². The first-order chi connectivity index (χ1) is 7.13. The molecule has 0 aliphatic carbocycles. The first kappa shape index (κ1) is 11.3. The van der Waals surface area contributed by atoms with Crippen molar-refractivity contribution in [3.8, 4) is 11.9 Å². The molecule has 15 heavy (non-hydrogen) atoms. The van der Waals surface area contributed by atoms with Crippen LogP contribution in [0.3, 0.4) is 0 Å². The predicted molar refractivity (Wildman–Crippen MR) is 55.3 cm³/mol. The van der Waals surface area contributed by atoms with Crippen LogP contribution in [0.2, 0.25) is 5.02 Å². The maximum absolute atomic E-state index is 11.1. The molecule has 0 aliphatic heterocycles. The minimum Gasteiger partial charge on any atom is -0.481 e. The molecule has 0 fully saturated rings. The zero-order valence-corrected chi connectivity index (χ0v) is 8.78. The Hall–Kier alpha value is -1.73. The van der Waals surface area contributed by atoms with Gasteiger partial charge in [-0.1, -0.05) is 11.6 Å². The number of ether oxygens (including phenoxy) is 1. The molecule has 1 rings (SSSR count). The van der Waals surface area contributed by atoms with Crippen LogP contribution in [0.4, 0.5) is 0 Å². The molecule has 0 aromatic heterocycles. The van der Waals surface area contributed by atoms with Crippen LogP contribution in [0.25, 0.3) is 0 Å². The Balaban J connectivity index is 2.59. The molecule has 5 heteroatoms. The Kier molecular flexibility index (Phi) is 3.95. The lowest BCUT2D eigenvalue weighted by molar-refractivity contribution is -0.126. The first-order valence-corrected chi connectivity index (χ1v) is 4.62. The lowest BCUT2D eigenvalue weighted by atomic mass is 10.3. The van der Waals surface area contributed by atoms with Crippen molar-refractivity contribution in [1.29, 1.82) is 5.26 Å². The molecule has 1 N–H and O–H groups in total. The second-order valence-corrected chi connectivity index (χ2v) is 3.25. The van der Waals surface area contributed by atoms with Crippen LogP contribution in [0.1, 0.15) is 6.92 Å². The SMILES string of the molecule is CC(Oc1ccc(Cl)cc1)C(=O)NC#N. The summed E-state index contributed by atoms with van der Waals surface area (Å²) in [4.78, 5) is 11.1. The molecular formula is C10H9ClN2O2. The van der Waals surface area contributed by atoms with E-state index in [0.717, 1.165) is 0 Å². The summed E-state index contributed by atoms with van der Waals surface area (Å²) in [5.74, 6) is 0.0486. The van der Waals surface area contributed by atoms with Crippen LogP contribution in [-0.2, 0) is 4.79 Å². The fourth-order valence-electron chi connectivity index (χ4n) is 0.928. The molecule has 0 saturated carbocycles. The van der Waals surface area contributed by atoms with E-state index in [2.05, 4.69) is 0 Å². The number of benzene rings is 1. The Morgan fingerprint density at radius 2 is 2.13 bits per heavy atom. The average Bonchev–Trinajstić information content (AvgIpc) is 2.22. The largest absolute Gasteiger partial charge is 0.481 e. The molecule has 1 unspecified atom stereocenters. The van der Waals surface area contributed by atoms with Gasteiger partial charge in [-0.15, -0.1) is 0 Å². The minimum atomic E-state index is -0.717. The van der Waals surface area contributed by atoms with Crippen molar-refractivity contribution >= 4 is 17.5 Å². The highest BCUT2D eigenvalue weighted by molar-refractivity contribution is 6.30. The van der Waals surface area contributed by atoms with Crippen molar-refractivity contribution in [2.45, 2.75) is 13.0 Å². The number of rotatable bonds is 3. The van der Waals surface area contributed by atoms with E-state index in [1.54, 1.807) is 37.4 Å². The topological polar surface area (TPSA) is 62.1 Å². The van der Waals surface area contributed by atoms with Crippen molar-refractivity contribution in [3.63, 3.8) is 0 Å². The zero-order valence-electron chi connectivity index (χ0n) is 8.03. The van der Waals surface area contributed by atoms with Gasteiger partial charge in [0.15, 0.2) is 12.3 Å². The molecule has 0 bridgehead atoms. The number of nitrogens with zero attached hydrogens (tertiary/aromatic N) is 1. The molecule has 4 nitrogen and oxygen atoms in total. The smallest absolute Gasteiger partial charge is 0.273 e. The molecule has 78 valence electrons. The summed E-state index contributed by atoms with van der Waals surface area (Å²) >= 11 is 5.68. The molecule has 1 aromatic carbocycles. The van der Waals surface area contributed by atoms with Crippen molar-refractivity contribution in [2.75, 3.05) is 0 Å². The van der Waals surface area contributed by atoms with Crippen LogP contribution in [-0.4, -0.2) is 12.0 Å². The quantitative estimate of drug-likeness (QED) is 0.628. The van der Waals surface area contributed by atoms with Crippen molar-refractivity contribution in [1.82, 2.24) is 5.32 Å². The van der Waals surface area contributed by atoms with E-state index < -0.39 is 12.0 Å². The number of hydrogen-bond acceptors (Lipinski definition) is 3. The molecular weight excluding hydrogens is 216 g/mol. The minimum absolute atomic E-state index is 0.479. The van der Waals surface area contributed by atoms with Gasteiger partial charge in [0.1, 0.15) is 5.75 Å². The molecule has 0 radical (unpaired) electrons. The second-order valence-electron chi connectivity index (χ2n) is 2.82. The van der Waals surface area contributed by atoms with E-state index in [1.807, 2.05) is 5.32 Å². The first-order valence-electron chi connectivity index (χ1n) is 4.24. The Morgan fingerprint density at radius 1 is 1.53 bits per heavy atom. The summed E-state index contributed by atoms with van der Waals surface area (Å²) in [6.07, 6.45) is 0.826. The van der Waals surface area contributed by atoms with Gasteiger partial charge in [0.2, 0.25) is 0 Å². The third-order valence-corrected chi connectivity index (χ3v) is 1.93. The normalized spacial score (nSPS) is 11.3. The summed E-state index contributed by atoms with van der Waals surface area (Å²) in [7, 11) is 0. The molecule has 1 atom stereocenters. The fraction of sp³-hybridized carbons (Fsp3) is 0.200. The van der Waals surface area contributed by atoms with Gasteiger partial charge in [0.05, 0.1) is 0 Å². The Labute approximate surface area is 92.4 Å². The van der Waals surface area contributed by atoms with Crippen molar-refractivity contribution < 1.29 is 9.53 Å². The average molecular weight is 225 g/mol. The number of carbonyl (C=O) groups is 1. The number of amides is 1. The second kappa shape index (κ2) is 5.23. The standard InChI is InChI=1S/C10H9ClN2O2/c1-7(10(14)13-6-12)15-9-4-2-8(11)3-5-9/h2-5,7H,1H3,(H,13,14). The maximum atomic E-state index is 11.1. The number of nitrogens with one attached hydrogen (secondary N) is 1. The fourth-order valence-corrected chi connectivity index (χ4v) is 1.05. The summed E-state index contributed by atoms with van der Waals surface area (Å²) in [5.41, 5.74) is 0. The lowest BCUT2D eigenvalue weighted by Gasteiger charge is -2.11. The molecule has 0 spiro atoms. The van der Waals surface area contributed by atoms with E-state index in [9.17, 15) is 4.79 Å². The zero-order chi connectivity index (χ0) is 11.3. The Morgan fingerprint density at radius 3 is 2.67 bits per heavy atom. The summed E-state index contributed by atoms with van der Waals surface area (Å²) in [6.45, 7) is 1.56. The van der Waals surface area contributed by atoms with Crippen LogP contribution in [0.5, 0.6) is 5.75 Å². The number of halogens is 1. The highest BCUT2D eigenvalue weighted by Crippen LogP contribution is 2.16. The highest BCUT2D eigenvalue weighted by atomic mass is 35.5. The van der Waals surface area contributed by atoms with E-state index >= 15 is 0 Å². The molecule has 1 aromatic rings. The summed E-state index contributed by atoms with van der Waals surface area (Å²) < 4.78 is 5.26. The summed E-state index contributed by atoms with van der Waals surface area (Å²) in [5, 5.41) is 10.8. The Bertz CT molecular complexity index is 383. The van der Waals surface area contributed by atoms with Gasteiger partial charge >= 0.3 is 0 Å². The predicted octanol–water partition coefficient (Wildman–Crippen LogP) is 1.70. The number of hydrogen-bond donors (Lipinski definition) is 1. The van der Waals surface area contributed by atoms with Gasteiger partial charge in [-0.3, -0.25) is 10.1 Å². The third kappa shape index (κ3) is 3.49.